The highest BCUT2D eigenvalue weighted by atomic mass is 35.5. The van der Waals surface area contributed by atoms with Gasteiger partial charge in [-0.25, -0.2) is 9.59 Å². The molecule has 32 heavy (non-hydrogen) atoms. The summed E-state index contributed by atoms with van der Waals surface area (Å²) in [5.41, 5.74) is 2.67. The minimum Gasteiger partial charge on any atom is -0.408 e. The summed E-state index contributed by atoms with van der Waals surface area (Å²) in [5.74, 6) is -0.446. The van der Waals surface area contributed by atoms with E-state index in [1.807, 2.05) is 24.3 Å². The molecular weight excluding hydrogens is 430 g/mol. The average molecular weight is 458 g/mol. The first-order valence-corrected chi connectivity index (χ1v) is 11.2. The van der Waals surface area contributed by atoms with E-state index >= 15 is 0 Å². The molecule has 2 heterocycles. The van der Waals surface area contributed by atoms with E-state index in [1.54, 1.807) is 22.8 Å². The Morgan fingerprint density at radius 3 is 2.75 bits per heavy atom. The van der Waals surface area contributed by atoms with Gasteiger partial charge < -0.3 is 24.9 Å². The molecule has 0 aliphatic carbocycles. The molecule has 0 atom stereocenters. The van der Waals surface area contributed by atoms with E-state index in [-0.39, 0.29) is 6.03 Å². The minimum atomic E-state index is -0.446. The van der Waals surface area contributed by atoms with Crippen LogP contribution < -0.4 is 16.4 Å². The molecule has 1 fully saturated rings. The van der Waals surface area contributed by atoms with Crippen LogP contribution in [0.25, 0.3) is 11.1 Å². The van der Waals surface area contributed by atoms with Crippen LogP contribution in [0.4, 0.5) is 10.5 Å². The predicted octanol–water partition coefficient (Wildman–Crippen LogP) is 3.06. The Morgan fingerprint density at radius 1 is 1.12 bits per heavy atom. The lowest BCUT2D eigenvalue weighted by Gasteiger charge is -2.32. The summed E-state index contributed by atoms with van der Waals surface area (Å²) in [6, 6.07) is 12.3. The summed E-state index contributed by atoms with van der Waals surface area (Å²) in [5, 5.41) is 6.29. The highest BCUT2D eigenvalue weighted by molar-refractivity contribution is 6.31. The highest BCUT2D eigenvalue weighted by Gasteiger charge is 2.13. The Balaban J connectivity index is 1.29. The van der Waals surface area contributed by atoms with Gasteiger partial charge in [-0.3, -0.25) is 4.57 Å². The number of benzene rings is 2. The van der Waals surface area contributed by atoms with Crippen molar-refractivity contribution in [3.05, 3.63) is 63.6 Å². The number of halogens is 1. The number of piperazine rings is 1. The number of anilines is 1. The number of amides is 2. The quantitative estimate of drug-likeness (QED) is 0.533. The molecule has 4 rings (SSSR count). The van der Waals surface area contributed by atoms with Crippen LogP contribution in [-0.2, 0) is 6.54 Å². The van der Waals surface area contributed by atoms with Crippen molar-refractivity contribution in [2.75, 3.05) is 51.6 Å². The Bertz CT molecular complexity index is 1130. The fourth-order valence-corrected chi connectivity index (χ4v) is 4.03. The first-order chi connectivity index (χ1) is 15.5. The van der Waals surface area contributed by atoms with Crippen molar-refractivity contribution in [2.24, 2.45) is 0 Å². The zero-order valence-electron chi connectivity index (χ0n) is 18.1. The number of oxazole rings is 1. The smallest absolute Gasteiger partial charge is 0.408 e. The summed E-state index contributed by atoms with van der Waals surface area (Å²) in [6.45, 7) is 6.29. The minimum absolute atomic E-state index is 0.235. The summed E-state index contributed by atoms with van der Waals surface area (Å²) < 4.78 is 6.83. The van der Waals surface area contributed by atoms with Crippen molar-refractivity contribution in [1.82, 2.24) is 19.7 Å². The van der Waals surface area contributed by atoms with Crippen LogP contribution in [0.15, 0.2) is 51.7 Å². The lowest BCUT2D eigenvalue weighted by molar-refractivity contribution is 0.153. The van der Waals surface area contributed by atoms with Crippen molar-refractivity contribution in [3.63, 3.8) is 0 Å². The number of carbonyl (C=O) groups is 1. The molecule has 1 saturated heterocycles. The monoisotopic (exact) mass is 457 g/mol. The van der Waals surface area contributed by atoms with Gasteiger partial charge in [0, 0.05) is 49.5 Å². The van der Waals surface area contributed by atoms with Crippen LogP contribution >= 0.6 is 11.6 Å². The van der Waals surface area contributed by atoms with E-state index in [2.05, 4.69) is 27.5 Å². The highest BCUT2D eigenvalue weighted by Crippen LogP contribution is 2.20. The summed E-state index contributed by atoms with van der Waals surface area (Å²) in [7, 11) is 2.14. The fourth-order valence-electron chi connectivity index (χ4n) is 3.87. The van der Waals surface area contributed by atoms with Crippen LogP contribution in [-0.4, -0.2) is 66.7 Å². The molecule has 3 aromatic rings. The first-order valence-electron chi connectivity index (χ1n) is 10.8. The van der Waals surface area contributed by atoms with Crippen molar-refractivity contribution in [2.45, 2.75) is 13.0 Å². The van der Waals surface area contributed by atoms with Gasteiger partial charge in [0.1, 0.15) is 0 Å². The number of fused-ring (bicyclic) bond motifs is 1. The lowest BCUT2D eigenvalue weighted by atomic mass is 10.2. The first kappa shape index (κ1) is 22.4. The van der Waals surface area contributed by atoms with E-state index in [9.17, 15) is 9.59 Å². The van der Waals surface area contributed by atoms with Crippen LogP contribution in [0.3, 0.4) is 0 Å². The van der Waals surface area contributed by atoms with E-state index in [1.165, 1.54) is 0 Å². The zero-order valence-corrected chi connectivity index (χ0v) is 18.9. The molecule has 0 spiro atoms. The van der Waals surface area contributed by atoms with Gasteiger partial charge in [0.25, 0.3) is 0 Å². The third kappa shape index (κ3) is 5.70. The molecule has 9 heteroatoms. The maximum Gasteiger partial charge on any atom is 0.420 e. The molecule has 1 aromatic heterocycles. The summed E-state index contributed by atoms with van der Waals surface area (Å²) in [6.07, 6.45) is 0.914. The molecule has 0 bridgehead atoms. The maximum atomic E-state index is 12.3. The number of carbonyl (C=O) groups excluding carboxylic acids is 1. The molecular formula is C23H28ClN5O3. The van der Waals surface area contributed by atoms with E-state index in [0.717, 1.165) is 44.7 Å². The number of nitrogens with zero attached hydrogens (tertiary/aromatic N) is 3. The molecule has 0 saturated carbocycles. The number of nitrogens with one attached hydrogen (secondary N) is 2. The Hall–Kier alpha value is -2.81. The second-order valence-corrected chi connectivity index (χ2v) is 8.58. The Labute approximate surface area is 191 Å². The number of hydrogen-bond donors (Lipinski definition) is 2. The summed E-state index contributed by atoms with van der Waals surface area (Å²) >= 11 is 5.98. The molecule has 1 aliphatic heterocycles. The van der Waals surface area contributed by atoms with Crippen LogP contribution in [0.1, 0.15) is 12.0 Å². The third-order valence-corrected chi connectivity index (χ3v) is 5.92. The van der Waals surface area contributed by atoms with Crippen LogP contribution in [0.2, 0.25) is 5.02 Å². The van der Waals surface area contributed by atoms with Crippen molar-refractivity contribution >= 4 is 34.4 Å². The van der Waals surface area contributed by atoms with Crippen molar-refractivity contribution in [3.8, 4) is 0 Å². The van der Waals surface area contributed by atoms with Gasteiger partial charge in [-0.15, -0.1) is 0 Å². The molecule has 2 N–H and O–H groups in total. The number of hydrogen-bond acceptors (Lipinski definition) is 5. The molecule has 0 unspecified atom stereocenters. The third-order valence-electron chi connectivity index (χ3n) is 5.69. The van der Waals surface area contributed by atoms with Crippen LogP contribution in [0, 0.1) is 0 Å². The fraction of sp³-hybridized carbons (Fsp3) is 0.391. The van der Waals surface area contributed by atoms with Crippen molar-refractivity contribution < 1.29 is 9.21 Å². The largest absolute Gasteiger partial charge is 0.420 e. The number of likely N-dealkylation sites (N-methyl/N-ethyl adjacent to an activating group) is 1. The van der Waals surface area contributed by atoms with E-state index < -0.39 is 5.76 Å². The van der Waals surface area contributed by atoms with Gasteiger partial charge in [-0.2, -0.15) is 0 Å². The molecule has 2 aromatic carbocycles. The second kappa shape index (κ2) is 10.2. The van der Waals surface area contributed by atoms with Gasteiger partial charge in [0.2, 0.25) is 0 Å². The van der Waals surface area contributed by atoms with Crippen molar-refractivity contribution in [1.29, 1.82) is 0 Å². The van der Waals surface area contributed by atoms with Gasteiger partial charge >= 0.3 is 11.8 Å². The standard InChI is InChI=1S/C23H28ClN5O3/c1-27-10-12-28(13-11-27)9-3-8-25-22(30)26-19-5-2-4-17(14-19)16-29-20-7-6-18(24)15-21(20)32-23(29)31/h2,4-7,14-15H,3,8-13,16H2,1H3,(H2,25,26,30). The topological polar surface area (TPSA) is 82.8 Å². The van der Waals surface area contributed by atoms with Crippen LogP contribution in [0.5, 0.6) is 0 Å². The van der Waals surface area contributed by atoms with Gasteiger partial charge in [0.05, 0.1) is 12.1 Å². The second-order valence-electron chi connectivity index (χ2n) is 8.15. The van der Waals surface area contributed by atoms with Gasteiger partial charge in [0.15, 0.2) is 5.58 Å². The lowest BCUT2D eigenvalue weighted by Crippen LogP contribution is -2.45. The summed E-state index contributed by atoms with van der Waals surface area (Å²) in [4.78, 5) is 29.3. The van der Waals surface area contributed by atoms with Gasteiger partial charge in [-0.1, -0.05) is 23.7 Å². The average Bonchev–Trinajstić information content (AvgIpc) is 3.07. The molecule has 1 aliphatic rings. The van der Waals surface area contributed by atoms with E-state index in [0.29, 0.717) is 34.9 Å². The Kier molecular flexibility index (Phi) is 7.14. The zero-order chi connectivity index (χ0) is 22.5. The molecule has 2 amide bonds. The number of urea groups is 1. The Morgan fingerprint density at radius 2 is 1.94 bits per heavy atom. The maximum absolute atomic E-state index is 12.3. The number of rotatable bonds is 7. The normalized spacial score (nSPS) is 15.2. The van der Waals surface area contributed by atoms with Gasteiger partial charge in [-0.05, 0) is 49.8 Å². The molecule has 8 nitrogen and oxygen atoms in total. The van der Waals surface area contributed by atoms with E-state index in [4.69, 9.17) is 16.0 Å². The SMILES string of the molecule is CN1CCN(CCCNC(=O)Nc2cccc(Cn3c(=O)oc4cc(Cl)ccc43)c2)CC1. The number of aromatic nitrogens is 1. The molecule has 0 radical (unpaired) electrons. The molecule has 170 valence electrons. The predicted molar refractivity (Wildman–Crippen MR) is 127 cm³/mol.